The van der Waals surface area contributed by atoms with Crippen molar-refractivity contribution >= 4 is 28.0 Å². The maximum atomic E-state index is 10.5. The SMILES string of the molecule is N#CCC1(COc2ccc(C=CC(=O)O)cc2Br)CC1. The number of halogens is 1. The molecule has 4 nitrogen and oxygen atoms in total. The number of ether oxygens (including phenoxy) is 1. The van der Waals surface area contributed by atoms with Gasteiger partial charge in [0.25, 0.3) is 0 Å². The van der Waals surface area contributed by atoms with Gasteiger partial charge in [0.05, 0.1) is 17.1 Å². The molecular weight excluding hydrogens is 322 g/mol. The van der Waals surface area contributed by atoms with E-state index in [2.05, 4.69) is 22.0 Å². The van der Waals surface area contributed by atoms with Crippen molar-refractivity contribution in [1.82, 2.24) is 0 Å². The van der Waals surface area contributed by atoms with Gasteiger partial charge in [0.2, 0.25) is 0 Å². The van der Waals surface area contributed by atoms with Gasteiger partial charge in [0, 0.05) is 17.9 Å². The Bertz CT molecular complexity index is 585. The van der Waals surface area contributed by atoms with Crippen molar-refractivity contribution in [3.63, 3.8) is 0 Å². The number of nitrogens with zero attached hydrogens (tertiary/aromatic N) is 1. The zero-order valence-corrected chi connectivity index (χ0v) is 12.4. The lowest BCUT2D eigenvalue weighted by atomic mass is 10.1. The number of aliphatic carboxylic acids is 1. The maximum absolute atomic E-state index is 10.5. The molecule has 0 spiro atoms. The molecule has 1 aromatic rings. The maximum Gasteiger partial charge on any atom is 0.328 e. The highest BCUT2D eigenvalue weighted by atomic mass is 79.9. The Balaban J connectivity index is 2.00. The van der Waals surface area contributed by atoms with Crippen molar-refractivity contribution in [1.29, 1.82) is 5.26 Å². The lowest BCUT2D eigenvalue weighted by molar-refractivity contribution is -0.131. The predicted molar refractivity (Wildman–Crippen MR) is 78.2 cm³/mol. The zero-order valence-electron chi connectivity index (χ0n) is 10.8. The fourth-order valence-corrected chi connectivity index (χ4v) is 2.36. The summed E-state index contributed by atoms with van der Waals surface area (Å²) in [5.74, 6) is -0.268. The molecule has 1 saturated carbocycles. The Kier molecular flexibility index (Phi) is 4.46. The summed E-state index contributed by atoms with van der Waals surface area (Å²) < 4.78 is 6.53. The Morgan fingerprint density at radius 1 is 1.55 bits per heavy atom. The van der Waals surface area contributed by atoms with E-state index >= 15 is 0 Å². The molecule has 0 aromatic heterocycles. The lowest BCUT2D eigenvalue weighted by Crippen LogP contribution is -2.12. The average Bonchev–Trinajstić information content (AvgIpc) is 3.16. The molecule has 5 heteroatoms. The third kappa shape index (κ3) is 3.84. The zero-order chi connectivity index (χ0) is 14.6. The van der Waals surface area contributed by atoms with Gasteiger partial charge in [-0.1, -0.05) is 6.07 Å². The number of carboxylic acids is 1. The fraction of sp³-hybridized carbons (Fsp3) is 0.333. The Labute approximate surface area is 125 Å². The molecule has 0 aliphatic heterocycles. The monoisotopic (exact) mass is 335 g/mol. The molecule has 1 N–H and O–H groups in total. The number of benzene rings is 1. The van der Waals surface area contributed by atoms with Crippen molar-refractivity contribution in [2.45, 2.75) is 19.3 Å². The van der Waals surface area contributed by atoms with Crippen LogP contribution in [0, 0.1) is 16.7 Å². The van der Waals surface area contributed by atoms with E-state index in [4.69, 9.17) is 15.1 Å². The smallest absolute Gasteiger partial charge is 0.328 e. The largest absolute Gasteiger partial charge is 0.492 e. The van der Waals surface area contributed by atoms with E-state index in [1.165, 1.54) is 6.08 Å². The Morgan fingerprint density at radius 2 is 2.30 bits per heavy atom. The van der Waals surface area contributed by atoms with Crippen LogP contribution >= 0.6 is 15.9 Å². The van der Waals surface area contributed by atoms with Gasteiger partial charge in [-0.15, -0.1) is 0 Å². The minimum atomic E-state index is -0.978. The summed E-state index contributed by atoms with van der Waals surface area (Å²) in [6, 6.07) is 7.60. The second-order valence-corrected chi connectivity index (χ2v) is 5.84. The van der Waals surface area contributed by atoms with Crippen LogP contribution in [0.4, 0.5) is 0 Å². The Hall–Kier alpha value is -1.80. The quantitative estimate of drug-likeness (QED) is 0.806. The molecule has 1 fully saturated rings. The molecule has 0 heterocycles. The molecule has 1 aliphatic carbocycles. The van der Waals surface area contributed by atoms with E-state index in [1.54, 1.807) is 18.2 Å². The summed E-state index contributed by atoms with van der Waals surface area (Å²) in [4.78, 5) is 10.5. The first kappa shape index (κ1) is 14.6. The predicted octanol–water partition coefficient (Wildman–Crippen LogP) is 3.62. The molecule has 0 amide bonds. The van der Waals surface area contributed by atoms with Gasteiger partial charge in [-0.2, -0.15) is 5.26 Å². The molecule has 0 radical (unpaired) electrons. The highest BCUT2D eigenvalue weighted by Gasteiger charge is 2.43. The first-order chi connectivity index (χ1) is 9.54. The van der Waals surface area contributed by atoms with Gasteiger partial charge < -0.3 is 9.84 Å². The van der Waals surface area contributed by atoms with E-state index in [0.717, 1.165) is 29.0 Å². The summed E-state index contributed by atoms with van der Waals surface area (Å²) in [7, 11) is 0. The third-order valence-electron chi connectivity index (χ3n) is 3.32. The van der Waals surface area contributed by atoms with Crippen molar-refractivity contribution in [2.24, 2.45) is 5.41 Å². The van der Waals surface area contributed by atoms with Gasteiger partial charge >= 0.3 is 5.97 Å². The summed E-state index contributed by atoms with van der Waals surface area (Å²) in [5.41, 5.74) is 0.820. The van der Waals surface area contributed by atoms with Crippen molar-refractivity contribution in [3.05, 3.63) is 34.3 Å². The fourth-order valence-electron chi connectivity index (χ4n) is 1.85. The van der Waals surface area contributed by atoms with Crippen LogP contribution in [-0.4, -0.2) is 17.7 Å². The highest BCUT2D eigenvalue weighted by molar-refractivity contribution is 9.10. The topological polar surface area (TPSA) is 70.3 Å². The van der Waals surface area contributed by atoms with Crippen LogP contribution in [0.15, 0.2) is 28.7 Å². The number of rotatable bonds is 6. The molecule has 0 saturated heterocycles. The molecule has 20 heavy (non-hydrogen) atoms. The summed E-state index contributed by atoms with van der Waals surface area (Å²) in [5, 5.41) is 17.3. The number of hydrogen-bond acceptors (Lipinski definition) is 3. The van der Waals surface area contributed by atoms with Crippen LogP contribution in [-0.2, 0) is 4.79 Å². The van der Waals surface area contributed by atoms with Crippen molar-refractivity contribution in [2.75, 3.05) is 6.61 Å². The lowest BCUT2D eigenvalue weighted by Gasteiger charge is -2.14. The van der Waals surface area contributed by atoms with Crippen LogP contribution in [0.1, 0.15) is 24.8 Å². The summed E-state index contributed by atoms with van der Waals surface area (Å²) in [6.45, 7) is 0.545. The van der Waals surface area contributed by atoms with E-state index in [1.807, 2.05) is 0 Å². The number of hydrogen-bond donors (Lipinski definition) is 1. The number of carboxylic acid groups (broad SMARTS) is 1. The van der Waals surface area contributed by atoms with Gasteiger partial charge in [0.1, 0.15) is 5.75 Å². The molecular formula is C15H14BrNO3. The normalized spacial score (nSPS) is 15.8. The van der Waals surface area contributed by atoms with Gasteiger partial charge in [0.15, 0.2) is 0 Å². The van der Waals surface area contributed by atoms with Crippen LogP contribution < -0.4 is 4.74 Å². The minimum absolute atomic E-state index is 0.0378. The third-order valence-corrected chi connectivity index (χ3v) is 3.94. The standard InChI is InChI=1S/C15H14BrNO3/c16-12-9-11(2-4-14(18)19)1-3-13(12)20-10-15(5-6-15)7-8-17/h1-4,9H,5-7,10H2,(H,18,19). The van der Waals surface area contributed by atoms with Gasteiger partial charge in [-0.25, -0.2) is 4.79 Å². The van der Waals surface area contributed by atoms with Crippen molar-refractivity contribution in [3.8, 4) is 11.8 Å². The van der Waals surface area contributed by atoms with Gasteiger partial charge in [-0.3, -0.25) is 0 Å². The van der Waals surface area contributed by atoms with Crippen LogP contribution in [0.5, 0.6) is 5.75 Å². The first-order valence-electron chi connectivity index (χ1n) is 6.25. The molecule has 0 unspecified atom stereocenters. The number of carbonyl (C=O) groups is 1. The molecule has 0 atom stereocenters. The second kappa shape index (κ2) is 6.10. The summed E-state index contributed by atoms with van der Waals surface area (Å²) in [6.07, 6.45) is 5.22. The van der Waals surface area contributed by atoms with Crippen molar-refractivity contribution < 1.29 is 14.6 Å². The molecule has 2 rings (SSSR count). The summed E-state index contributed by atoms with van der Waals surface area (Å²) >= 11 is 3.41. The van der Waals surface area contributed by atoms with Crippen LogP contribution in [0.3, 0.4) is 0 Å². The first-order valence-corrected chi connectivity index (χ1v) is 7.04. The van der Waals surface area contributed by atoms with E-state index in [-0.39, 0.29) is 5.41 Å². The van der Waals surface area contributed by atoms with E-state index in [0.29, 0.717) is 18.8 Å². The molecule has 1 aliphatic rings. The van der Waals surface area contributed by atoms with Gasteiger partial charge in [-0.05, 0) is 52.5 Å². The van der Waals surface area contributed by atoms with E-state index in [9.17, 15) is 4.79 Å². The number of nitriles is 1. The minimum Gasteiger partial charge on any atom is -0.492 e. The van der Waals surface area contributed by atoms with E-state index < -0.39 is 5.97 Å². The average molecular weight is 336 g/mol. The molecule has 1 aromatic carbocycles. The Morgan fingerprint density at radius 3 is 2.85 bits per heavy atom. The highest BCUT2D eigenvalue weighted by Crippen LogP contribution is 2.49. The molecule has 104 valence electrons. The van der Waals surface area contributed by atoms with Crippen LogP contribution in [0.25, 0.3) is 6.08 Å². The van der Waals surface area contributed by atoms with Crippen LogP contribution in [0.2, 0.25) is 0 Å². The molecule has 0 bridgehead atoms. The second-order valence-electron chi connectivity index (χ2n) is 4.98.